The fraction of sp³-hybridized carbons (Fsp3) is 0.538. The number of nitrogens with one attached hydrogen (secondary N) is 1. The fourth-order valence-electron chi connectivity index (χ4n) is 4.95. The zero-order chi connectivity index (χ0) is 23.9. The Balaban J connectivity index is 1.70. The number of halogens is 1. The van der Waals surface area contributed by atoms with Gasteiger partial charge in [-0.2, -0.15) is 0 Å². The van der Waals surface area contributed by atoms with E-state index in [9.17, 15) is 9.59 Å². The predicted octanol–water partition coefficient (Wildman–Crippen LogP) is 6.05. The van der Waals surface area contributed by atoms with Gasteiger partial charge in [-0.1, -0.05) is 38.4 Å². The van der Waals surface area contributed by atoms with Crippen molar-refractivity contribution in [1.29, 1.82) is 0 Å². The van der Waals surface area contributed by atoms with Gasteiger partial charge in [-0.05, 0) is 68.2 Å². The highest BCUT2D eigenvalue weighted by molar-refractivity contribution is 7.17. The molecule has 2 amide bonds. The molecule has 0 spiro atoms. The van der Waals surface area contributed by atoms with Gasteiger partial charge < -0.3 is 15.0 Å². The monoisotopic (exact) mass is 488 g/mol. The molecule has 0 saturated carbocycles. The third kappa shape index (κ3) is 5.28. The van der Waals surface area contributed by atoms with Gasteiger partial charge >= 0.3 is 0 Å². The number of thiophene rings is 1. The molecule has 2 aliphatic rings. The van der Waals surface area contributed by atoms with Crippen LogP contribution in [0.5, 0.6) is 0 Å². The maximum absolute atomic E-state index is 13.8. The van der Waals surface area contributed by atoms with E-state index in [1.54, 1.807) is 35.6 Å². The van der Waals surface area contributed by atoms with Gasteiger partial charge in [-0.15, -0.1) is 11.3 Å². The number of fused-ring (bicyclic) bond motifs is 1. The molecule has 1 N–H and O–H groups in total. The minimum Gasteiger partial charge on any atom is -0.372 e. The Morgan fingerprint density at radius 1 is 1.18 bits per heavy atom. The van der Waals surface area contributed by atoms with E-state index in [0.29, 0.717) is 40.2 Å². The molecule has 0 unspecified atom stereocenters. The third-order valence-electron chi connectivity index (χ3n) is 6.72. The van der Waals surface area contributed by atoms with Crippen LogP contribution < -0.4 is 5.32 Å². The number of benzene rings is 1. The van der Waals surface area contributed by atoms with E-state index < -0.39 is 0 Å². The summed E-state index contributed by atoms with van der Waals surface area (Å²) in [4.78, 5) is 30.0. The van der Waals surface area contributed by atoms with Gasteiger partial charge in [0.05, 0.1) is 17.8 Å². The number of ether oxygens (including phenoxy) is 1. The molecule has 3 atom stereocenters. The summed E-state index contributed by atoms with van der Waals surface area (Å²) in [5.41, 5.74) is 2.46. The number of hydrogen-bond donors (Lipinski definition) is 1. The first-order chi connectivity index (χ1) is 15.5. The van der Waals surface area contributed by atoms with Crippen LogP contribution in [0.2, 0.25) is 5.02 Å². The second kappa shape index (κ2) is 9.40. The highest BCUT2D eigenvalue weighted by Crippen LogP contribution is 2.45. The first kappa shape index (κ1) is 24.2. The Hall–Kier alpha value is -1.89. The molecule has 2 aromatic rings. The molecule has 178 valence electrons. The molecule has 1 aromatic heterocycles. The lowest BCUT2D eigenvalue weighted by atomic mass is 9.72. The van der Waals surface area contributed by atoms with E-state index in [1.807, 2.05) is 18.7 Å². The number of carbonyl (C=O) groups excluding carboxylic acids is 2. The lowest BCUT2D eigenvalue weighted by Crippen LogP contribution is -2.48. The number of nitrogens with zero attached hydrogens (tertiary/aromatic N) is 1. The molecule has 2 heterocycles. The standard InChI is InChI=1S/C26H33ClN2O3S/c1-15-13-29(14-16(2)32-15)25(31)22-20-10-9-18(26(3,4)5)12-21(20)33-24(22)28-23(30)17-7-6-8-19(27)11-17/h6-8,11,15-16,18H,9-10,12-14H2,1-5H3,(H,28,30)/t15-,16-,18+/m0/s1. The van der Waals surface area contributed by atoms with Crippen molar-refractivity contribution in [1.82, 2.24) is 4.90 Å². The summed E-state index contributed by atoms with van der Waals surface area (Å²) >= 11 is 7.65. The van der Waals surface area contributed by atoms with Gasteiger partial charge in [0.2, 0.25) is 0 Å². The Kier molecular flexibility index (Phi) is 6.90. The van der Waals surface area contributed by atoms with Gasteiger partial charge in [0, 0.05) is 28.6 Å². The summed E-state index contributed by atoms with van der Waals surface area (Å²) in [5, 5.41) is 4.21. The molecule has 4 rings (SSSR count). The number of amides is 2. The number of anilines is 1. The van der Waals surface area contributed by atoms with Crippen molar-refractivity contribution in [2.45, 2.75) is 66.1 Å². The summed E-state index contributed by atoms with van der Waals surface area (Å²) in [6.07, 6.45) is 2.82. The number of hydrogen-bond acceptors (Lipinski definition) is 4. The van der Waals surface area contributed by atoms with Crippen molar-refractivity contribution in [3.63, 3.8) is 0 Å². The van der Waals surface area contributed by atoms with Crippen LogP contribution in [0.3, 0.4) is 0 Å². The SMILES string of the molecule is C[C@H]1CN(C(=O)c2c(NC(=O)c3cccc(Cl)c3)sc3c2CC[C@@H](C(C)(C)C)C3)C[C@H](C)O1. The summed E-state index contributed by atoms with van der Waals surface area (Å²) in [6.45, 7) is 11.9. The zero-order valence-electron chi connectivity index (χ0n) is 20.0. The molecule has 7 heteroatoms. The largest absolute Gasteiger partial charge is 0.372 e. The molecule has 0 bridgehead atoms. The molecule has 33 heavy (non-hydrogen) atoms. The normalized spacial score (nSPS) is 23.2. The smallest absolute Gasteiger partial charge is 0.257 e. The fourth-order valence-corrected chi connectivity index (χ4v) is 6.45. The summed E-state index contributed by atoms with van der Waals surface area (Å²) in [6, 6.07) is 6.88. The van der Waals surface area contributed by atoms with Crippen molar-refractivity contribution in [2.24, 2.45) is 11.3 Å². The average molecular weight is 489 g/mol. The molecule has 1 aliphatic heterocycles. The first-order valence-electron chi connectivity index (χ1n) is 11.7. The lowest BCUT2D eigenvalue weighted by molar-refractivity contribution is -0.0586. The second-order valence-electron chi connectivity index (χ2n) is 10.4. The van der Waals surface area contributed by atoms with E-state index in [4.69, 9.17) is 16.3 Å². The number of carbonyl (C=O) groups is 2. The summed E-state index contributed by atoms with van der Waals surface area (Å²) in [5.74, 6) is 0.290. The van der Waals surface area contributed by atoms with Crippen molar-refractivity contribution in [2.75, 3.05) is 18.4 Å². The van der Waals surface area contributed by atoms with E-state index in [-0.39, 0.29) is 29.4 Å². The van der Waals surface area contributed by atoms with E-state index >= 15 is 0 Å². The predicted molar refractivity (Wildman–Crippen MR) is 135 cm³/mol. The topological polar surface area (TPSA) is 58.6 Å². The first-order valence-corrected chi connectivity index (χ1v) is 12.9. The van der Waals surface area contributed by atoms with Crippen LogP contribution in [0.15, 0.2) is 24.3 Å². The van der Waals surface area contributed by atoms with Crippen molar-refractivity contribution in [3.05, 3.63) is 50.9 Å². The Morgan fingerprint density at radius 2 is 1.88 bits per heavy atom. The van der Waals surface area contributed by atoms with Crippen molar-refractivity contribution >= 4 is 39.8 Å². The maximum Gasteiger partial charge on any atom is 0.257 e. The molecular formula is C26H33ClN2O3S. The van der Waals surface area contributed by atoms with Crippen molar-refractivity contribution < 1.29 is 14.3 Å². The lowest BCUT2D eigenvalue weighted by Gasteiger charge is -2.36. The van der Waals surface area contributed by atoms with Gasteiger partial charge in [0.25, 0.3) is 11.8 Å². The van der Waals surface area contributed by atoms with Crippen LogP contribution >= 0.6 is 22.9 Å². The van der Waals surface area contributed by atoms with Gasteiger partial charge in [0.1, 0.15) is 5.00 Å². The van der Waals surface area contributed by atoms with Crippen LogP contribution in [-0.2, 0) is 17.6 Å². The summed E-state index contributed by atoms with van der Waals surface area (Å²) < 4.78 is 5.84. The Labute approximate surface area is 205 Å². The van der Waals surface area contributed by atoms with Crippen molar-refractivity contribution in [3.8, 4) is 0 Å². The van der Waals surface area contributed by atoms with E-state index in [2.05, 4.69) is 26.1 Å². The molecule has 1 aromatic carbocycles. The average Bonchev–Trinajstić information content (AvgIpc) is 3.08. The number of morpholine rings is 1. The van der Waals surface area contributed by atoms with E-state index in [0.717, 1.165) is 24.8 Å². The maximum atomic E-state index is 13.8. The summed E-state index contributed by atoms with van der Waals surface area (Å²) in [7, 11) is 0. The molecule has 5 nitrogen and oxygen atoms in total. The van der Waals surface area contributed by atoms with Crippen LogP contribution in [-0.4, -0.2) is 42.0 Å². The molecule has 1 saturated heterocycles. The van der Waals surface area contributed by atoms with E-state index in [1.165, 1.54) is 4.88 Å². The Bertz CT molecular complexity index is 1050. The number of rotatable bonds is 3. The minimum atomic E-state index is -0.249. The van der Waals surface area contributed by atoms with Crippen LogP contribution in [0.25, 0.3) is 0 Å². The second-order valence-corrected chi connectivity index (χ2v) is 12.0. The highest BCUT2D eigenvalue weighted by Gasteiger charge is 2.36. The molecule has 1 fully saturated rings. The van der Waals surface area contributed by atoms with Gasteiger partial charge in [-0.3, -0.25) is 9.59 Å². The molecular weight excluding hydrogens is 456 g/mol. The Morgan fingerprint density at radius 3 is 2.52 bits per heavy atom. The zero-order valence-corrected chi connectivity index (χ0v) is 21.6. The van der Waals surface area contributed by atoms with Crippen LogP contribution in [0.1, 0.15) is 72.2 Å². The van der Waals surface area contributed by atoms with Gasteiger partial charge in [-0.25, -0.2) is 0 Å². The van der Waals surface area contributed by atoms with Crippen LogP contribution in [0.4, 0.5) is 5.00 Å². The van der Waals surface area contributed by atoms with Gasteiger partial charge in [0.15, 0.2) is 0 Å². The molecule has 1 aliphatic carbocycles. The quantitative estimate of drug-likeness (QED) is 0.571. The highest BCUT2D eigenvalue weighted by atomic mass is 35.5. The van der Waals surface area contributed by atoms with Crippen LogP contribution in [0, 0.1) is 11.3 Å². The molecule has 0 radical (unpaired) electrons. The third-order valence-corrected chi connectivity index (χ3v) is 8.13. The minimum absolute atomic E-state index is 0.00916.